The van der Waals surface area contributed by atoms with E-state index in [1.807, 2.05) is 0 Å². The zero-order valence-electron chi connectivity index (χ0n) is 19.9. The lowest BCUT2D eigenvalue weighted by molar-refractivity contribution is -0.138. The summed E-state index contributed by atoms with van der Waals surface area (Å²) in [5, 5.41) is 6.91. The summed E-state index contributed by atoms with van der Waals surface area (Å²) in [7, 11) is 0. The van der Waals surface area contributed by atoms with Crippen LogP contribution in [0.15, 0.2) is 72.8 Å². The highest BCUT2D eigenvalue weighted by molar-refractivity contribution is 6.04. The molecule has 1 amide bonds. The third-order valence-corrected chi connectivity index (χ3v) is 5.24. The molecule has 1 aromatic heterocycles. The van der Waals surface area contributed by atoms with Gasteiger partial charge in [0.15, 0.2) is 5.82 Å². The normalized spacial score (nSPS) is 12.0. The van der Waals surface area contributed by atoms with E-state index in [1.165, 1.54) is 16.8 Å². The first kappa shape index (κ1) is 26.7. The number of amides is 1. The molecule has 6 nitrogen and oxygen atoms in total. The zero-order valence-corrected chi connectivity index (χ0v) is 19.9. The van der Waals surface area contributed by atoms with E-state index in [1.54, 1.807) is 38.1 Å². The van der Waals surface area contributed by atoms with Crippen molar-refractivity contribution in [2.45, 2.75) is 32.3 Å². The number of nitrogens with zero attached hydrogens (tertiary/aromatic N) is 3. The Morgan fingerprint density at radius 3 is 1.84 bits per heavy atom. The summed E-state index contributed by atoms with van der Waals surface area (Å²) >= 11 is 0. The fourth-order valence-electron chi connectivity index (χ4n) is 3.43. The van der Waals surface area contributed by atoms with Gasteiger partial charge in [-0.3, -0.25) is 4.79 Å². The van der Waals surface area contributed by atoms with Crippen molar-refractivity contribution in [3.63, 3.8) is 0 Å². The highest BCUT2D eigenvalue weighted by atomic mass is 19.4. The number of nitrogens with one attached hydrogen (secondary N) is 1. The van der Waals surface area contributed by atoms with Crippen molar-refractivity contribution >= 4 is 11.6 Å². The summed E-state index contributed by atoms with van der Waals surface area (Å²) in [5.74, 6) is -0.374. The summed E-state index contributed by atoms with van der Waals surface area (Å²) in [4.78, 5) is 16.8. The summed E-state index contributed by atoms with van der Waals surface area (Å²) in [6, 6.07) is 14.5. The molecule has 4 rings (SSSR count). The highest BCUT2D eigenvalue weighted by Gasteiger charge is 2.31. The Morgan fingerprint density at radius 1 is 0.816 bits per heavy atom. The molecule has 0 saturated carbocycles. The zero-order chi connectivity index (χ0) is 27.7. The van der Waals surface area contributed by atoms with Crippen LogP contribution in [0.3, 0.4) is 0 Å². The van der Waals surface area contributed by atoms with E-state index < -0.39 is 29.4 Å². The lowest BCUT2D eigenvalue weighted by Crippen LogP contribution is -2.13. The monoisotopic (exact) mass is 534 g/mol. The van der Waals surface area contributed by atoms with Gasteiger partial charge >= 0.3 is 18.4 Å². The Morgan fingerprint density at radius 2 is 1.34 bits per heavy atom. The Hall–Kier alpha value is -4.35. The van der Waals surface area contributed by atoms with Gasteiger partial charge in [0.05, 0.1) is 22.9 Å². The molecule has 12 heteroatoms. The number of benzene rings is 3. The number of carbonyl (C=O) groups excluding carboxylic acids is 1. The van der Waals surface area contributed by atoms with Gasteiger partial charge in [-0.1, -0.05) is 12.1 Å². The molecule has 0 spiro atoms. The van der Waals surface area contributed by atoms with Crippen LogP contribution in [-0.2, 0) is 12.4 Å². The van der Waals surface area contributed by atoms with Crippen LogP contribution in [0.2, 0.25) is 0 Å². The van der Waals surface area contributed by atoms with Gasteiger partial charge in [-0.05, 0) is 74.5 Å². The summed E-state index contributed by atoms with van der Waals surface area (Å²) in [6.45, 7) is 3.54. The van der Waals surface area contributed by atoms with Gasteiger partial charge in [0, 0.05) is 16.8 Å². The first-order chi connectivity index (χ1) is 17.8. The van der Waals surface area contributed by atoms with Crippen molar-refractivity contribution in [3.8, 4) is 23.1 Å². The molecule has 3 aromatic carbocycles. The fourth-order valence-corrected chi connectivity index (χ4v) is 3.43. The lowest BCUT2D eigenvalue weighted by atomic mass is 10.1. The average Bonchev–Trinajstić information content (AvgIpc) is 3.26. The predicted molar refractivity (Wildman–Crippen MR) is 127 cm³/mol. The predicted octanol–water partition coefficient (Wildman–Crippen LogP) is 7.01. The smallest absolute Gasteiger partial charge is 0.416 e. The second kappa shape index (κ2) is 10.2. The van der Waals surface area contributed by atoms with E-state index in [2.05, 4.69) is 15.4 Å². The first-order valence-corrected chi connectivity index (χ1v) is 11.2. The van der Waals surface area contributed by atoms with E-state index in [0.717, 1.165) is 36.4 Å². The molecule has 0 radical (unpaired) electrons. The molecule has 0 atom stereocenters. The van der Waals surface area contributed by atoms with Gasteiger partial charge in [0.1, 0.15) is 0 Å². The Labute approximate surface area is 212 Å². The van der Waals surface area contributed by atoms with Gasteiger partial charge in [-0.15, -0.1) is 5.10 Å². The van der Waals surface area contributed by atoms with Crippen LogP contribution in [0.4, 0.5) is 32.0 Å². The summed E-state index contributed by atoms with van der Waals surface area (Å²) in [5.41, 5.74) is -0.441. The second-order valence-electron chi connectivity index (χ2n) is 8.45. The highest BCUT2D eigenvalue weighted by Crippen LogP contribution is 2.32. The van der Waals surface area contributed by atoms with E-state index in [-0.39, 0.29) is 23.5 Å². The SMILES string of the molecule is CC(C)Oc1nc(-c2ccc(C(F)(F)F)cc2)n(-c2ccc(NC(=O)c3ccc(C(F)(F)F)cc3)cc2)n1. The Kier molecular flexibility index (Phi) is 7.16. The number of anilines is 1. The number of rotatable bonds is 6. The van der Waals surface area contributed by atoms with Crippen LogP contribution in [0.5, 0.6) is 6.01 Å². The lowest BCUT2D eigenvalue weighted by Gasteiger charge is -2.10. The van der Waals surface area contributed by atoms with Crippen LogP contribution in [0, 0.1) is 0 Å². The van der Waals surface area contributed by atoms with Gasteiger partial charge in [-0.25, -0.2) is 4.68 Å². The summed E-state index contributed by atoms with van der Waals surface area (Å²) in [6.07, 6.45) is -9.25. The number of halogens is 6. The molecule has 1 N–H and O–H groups in total. The minimum Gasteiger partial charge on any atom is -0.460 e. The minimum absolute atomic E-state index is 0.0228. The number of hydrogen-bond donors (Lipinski definition) is 1. The molecule has 0 saturated heterocycles. The standard InChI is InChI=1S/C26H20F6N4O2/c1-15(2)38-24-34-22(16-3-7-18(8-4-16)25(27,28)29)36(35-24)21-13-11-20(12-14-21)33-23(37)17-5-9-19(10-6-17)26(30,31)32/h3-15H,1-2H3,(H,33,37). The van der Waals surface area contributed by atoms with Crippen LogP contribution < -0.4 is 10.1 Å². The van der Waals surface area contributed by atoms with Crippen molar-refractivity contribution in [2.75, 3.05) is 5.32 Å². The van der Waals surface area contributed by atoms with E-state index in [9.17, 15) is 31.1 Å². The molecule has 0 aliphatic carbocycles. The second-order valence-corrected chi connectivity index (χ2v) is 8.45. The van der Waals surface area contributed by atoms with Gasteiger partial charge in [0.25, 0.3) is 5.91 Å². The topological polar surface area (TPSA) is 69.0 Å². The van der Waals surface area contributed by atoms with Crippen LogP contribution in [-0.4, -0.2) is 26.8 Å². The molecule has 0 bridgehead atoms. The van der Waals surface area contributed by atoms with Crippen LogP contribution >= 0.6 is 0 Å². The number of ether oxygens (including phenoxy) is 1. The number of hydrogen-bond acceptors (Lipinski definition) is 4. The van der Waals surface area contributed by atoms with E-state index in [0.29, 0.717) is 16.9 Å². The third kappa shape index (κ3) is 6.13. The average molecular weight is 534 g/mol. The minimum atomic E-state index is -4.51. The van der Waals surface area contributed by atoms with Crippen molar-refractivity contribution in [3.05, 3.63) is 89.5 Å². The molecule has 38 heavy (non-hydrogen) atoms. The molecule has 0 aliphatic heterocycles. The van der Waals surface area contributed by atoms with E-state index >= 15 is 0 Å². The van der Waals surface area contributed by atoms with Gasteiger partial charge in [-0.2, -0.15) is 31.3 Å². The Balaban J connectivity index is 1.58. The molecule has 1 heterocycles. The number of carbonyl (C=O) groups is 1. The molecule has 198 valence electrons. The maximum absolute atomic E-state index is 13.0. The number of aromatic nitrogens is 3. The third-order valence-electron chi connectivity index (χ3n) is 5.24. The Bertz CT molecular complexity index is 1410. The van der Waals surface area contributed by atoms with Crippen LogP contribution in [0.25, 0.3) is 17.1 Å². The maximum Gasteiger partial charge on any atom is 0.416 e. The largest absolute Gasteiger partial charge is 0.460 e. The van der Waals surface area contributed by atoms with Gasteiger partial charge < -0.3 is 10.1 Å². The molecule has 0 aliphatic rings. The van der Waals surface area contributed by atoms with Crippen LogP contribution in [0.1, 0.15) is 35.3 Å². The van der Waals surface area contributed by atoms with Crippen molar-refractivity contribution in [1.82, 2.24) is 14.8 Å². The number of alkyl halides is 6. The van der Waals surface area contributed by atoms with Gasteiger partial charge in [0.2, 0.25) is 0 Å². The quantitative estimate of drug-likeness (QED) is 0.270. The maximum atomic E-state index is 13.0. The van der Waals surface area contributed by atoms with Crippen molar-refractivity contribution in [1.29, 1.82) is 0 Å². The molecular formula is C26H20F6N4O2. The summed E-state index contributed by atoms with van der Waals surface area (Å²) < 4.78 is 84.1. The first-order valence-electron chi connectivity index (χ1n) is 11.2. The van der Waals surface area contributed by atoms with Crippen molar-refractivity contribution < 1.29 is 35.9 Å². The van der Waals surface area contributed by atoms with Crippen molar-refractivity contribution in [2.24, 2.45) is 0 Å². The molecular weight excluding hydrogens is 514 g/mol. The fraction of sp³-hybridized carbons (Fsp3) is 0.192. The molecule has 0 unspecified atom stereocenters. The van der Waals surface area contributed by atoms with E-state index in [4.69, 9.17) is 4.74 Å². The molecule has 0 fully saturated rings. The molecule has 4 aromatic rings.